The van der Waals surface area contributed by atoms with Gasteiger partial charge >= 0.3 is 0 Å². The van der Waals surface area contributed by atoms with Gasteiger partial charge in [0.25, 0.3) is 0 Å². The molecule has 0 radical (unpaired) electrons. The Hall–Kier alpha value is -1.05. The van der Waals surface area contributed by atoms with E-state index in [-0.39, 0.29) is 5.54 Å². The van der Waals surface area contributed by atoms with Gasteiger partial charge in [0, 0.05) is 19.5 Å². The van der Waals surface area contributed by atoms with Crippen molar-refractivity contribution in [2.75, 3.05) is 13.1 Å². The van der Waals surface area contributed by atoms with Crippen molar-refractivity contribution in [3.05, 3.63) is 25.3 Å². The molecule has 0 fully saturated rings. The second-order valence-corrected chi connectivity index (χ2v) is 4.11. The minimum Gasteiger partial charge on any atom is -0.358 e. The van der Waals surface area contributed by atoms with E-state index in [0.717, 1.165) is 32.4 Å². The molecule has 2 heteroatoms. The van der Waals surface area contributed by atoms with Crippen molar-refractivity contribution in [3.8, 4) is 0 Å². The van der Waals surface area contributed by atoms with Crippen molar-refractivity contribution < 1.29 is 0 Å². The van der Waals surface area contributed by atoms with Crippen LogP contribution in [0.3, 0.4) is 0 Å². The van der Waals surface area contributed by atoms with Gasteiger partial charge in [-0.25, -0.2) is 0 Å². The molecular weight excluding hydrogens is 184 g/mol. The summed E-state index contributed by atoms with van der Waals surface area (Å²) >= 11 is 0. The Balaban J connectivity index is 2.87. The van der Waals surface area contributed by atoms with E-state index in [4.69, 9.17) is 4.99 Å². The zero-order chi connectivity index (χ0) is 11.3. The molecule has 0 bridgehead atoms. The van der Waals surface area contributed by atoms with Crippen LogP contribution in [0.4, 0.5) is 0 Å². The van der Waals surface area contributed by atoms with Gasteiger partial charge < -0.3 is 4.90 Å². The maximum absolute atomic E-state index is 4.87. The average Bonchev–Trinajstić information content (AvgIpc) is 2.57. The van der Waals surface area contributed by atoms with Crippen LogP contribution in [-0.4, -0.2) is 29.4 Å². The fourth-order valence-electron chi connectivity index (χ4n) is 2.26. The van der Waals surface area contributed by atoms with E-state index in [1.165, 1.54) is 5.84 Å². The van der Waals surface area contributed by atoms with Gasteiger partial charge in [-0.2, -0.15) is 0 Å². The number of likely N-dealkylation sites (N-methyl/N-ethyl adjacent to an activating group) is 1. The van der Waals surface area contributed by atoms with E-state index >= 15 is 0 Å². The maximum Gasteiger partial charge on any atom is 0.0994 e. The first-order chi connectivity index (χ1) is 7.21. The minimum absolute atomic E-state index is 0.0187. The maximum atomic E-state index is 4.87. The molecule has 0 aromatic carbocycles. The summed E-state index contributed by atoms with van der Waals surface area (Å²) in [4.78, 5) is 7.24. The third kappa shape index (κ3) is 2.49. The van der Waals surface area contributed by atoms with Crippen LogP contribution in [0.25, 0.3) is 0 Å². The zero-order valence-electron chi connectivity index (χ0n) is 10.00. The number of nitrogens with zero attached hydrogens (tertiary/aromatic N) is 2. The van der Waals surface area contributed by atoms with Crippen molar-refractivity contribution in [1.29, 1.82) is 0 Å². The van der Waals surface area contributed by atoms with Crippen LogP contribution in [0.15, 0.2) is 30.3 Å². The average molecular weight is 206 g/mol. The molecule has 0 aromatic rings. The fraction of sp³-hybridized carbons (Fsp3) is 0.615. The molecule has 0 unspecified atom stereocenters. The Morgan fingerprint density at radius 1 is 1.33 bits per heavy atom. The third-order valence-corrected chi connectivity index (χ3v) is 2.96. The molecule has 1 aliphatic rings. The van der Waals surface area contributed by atoms with Gasteiger partial charge in [0.2, 0.25) is 0 Å². The Kier molecular flexibility index (Phi) is 4.13. The third-order valence-electron chi connectivity index (χ3n) is 2.96. The van der Waals surface area contributed by atoms with Crippen LogP contribution >= 0.6 is 0 Å². The molecule has 1 aliphatic heterocycles. The van der Waals surface area contributed by atoms with Gasteiger partial charge in [0.15, 0.2) is 0 Å². The Bertz CT molecular complexity index is 256. The minimum atomic E-state index is 0.0187. The summed E-state index contributed by atoms with van der Waals surface area (Å²) in [5.74, 6) is 1.24. The van der Waals surface area contributed by atoms with E-state index in [2.05, 4.69) is 31.9 Å². The molecule has 0 N–H and O–H groups in total. The van der Waals surface area contributed by atoms with E-state index < -0.39 is 0 Å². The predicted octanol–water partition coefficient (Wildman–Crippen LogP) is 3.02. The van der Waals surface area contributed by atoms with Crippen LogP contribution in [-0.2, 0) is 0 Å². The SMILES string of the molecule is C=CCC1(CC=C)CN(CC)C(CC)=N1. The summed E-state index contributed by atoms with van der Waals surface area (Å²) in [5, 5.41) is 0. The summed E-state index contributed by atoms with van der Waals surface area (Å²) in [6.45, 7) is 14.1. The summed E-state index contributed by atoms with van der Waals surface area (Å²) in [5.41, 5.74) is 0.0187. The van der Waals surface area contributed by atoms with Crippen LogP contribution < -0.4 is 0 Å². The molecule has 0 saturated carbocycles. The van der Waals surface area contributed by atoms with Crippen LogP contribution in [0.2, 0.25) is 0 Å². The highest BCUT2D eigenvalue weighted by Gasteiger charge is 2.35. The molecule has 2 nitrogen and oxygen atoms in total. The summed E-state index contributed by atoms with van der Waals surface area (Å²) < 4.78 is 0. The normalized spacial score (nSPS) is 18.8. The molecule has 1 heterocycles. The second-order valence-electron chi connectivity index (χ2n) is 4.11. The van der Waals surface area contributed by atoms with E-state index in [0.29, 0.717) is 0 Å². The molecule has 0 saturated heterocycles. The zero-order valence-corrected chi connectivity index (χ0v) is 10.00. The molecule has 84 valence electrons. The van der Waals surface area contributed by atoms with Gasteiger partial charge in [-0.05, 0) is 19.8 Å². The summed E-state index contributed by atoms with van der Waals surface area (Å²) in [6, 6.07) is 0. The topological polar surface area (TPSA) is 15.6 Å². The smallest absolute Gasteiger partial charge is 0.0994 e. The standard InChI is InChI=1S/C13H22N2/c1-5-9-13(10-6-2)11-15(8-4)12(7-3)14-13/h5-6H,1-2,7-11H2,3-4H3. The quantitative estimate of drug-likeness (QED) is 0.610. The van der Waals surface area contributed by atoms with Gasteiger partial charge in [0.05, 0.1) is 11.4 Å². The summed E-state index contributed by atoms with van der Waals surface area (Å²) in [6.07, 6.45) is 6.85. The van der Waals surface area contributed by atoms with Crippen LogP contribution in [0.5, 0.6) is 0 Å². The first kappa shape index (κ1) is 12.0. The van der Waals surface area contributed by atoms with E-state index in [1.54, 1.807) is 0 Å². The largest absolute Gasteiger partial charge is 0.358 e. The van der Waals surface area contributed by atoms with E-state index in [9.17, 15) is 0 Å². The van der Waals surface area contributed by atoms with Crippen LogP contribution in [0, 0.1) is 0 Å². The molecular formula is C13H22N2. The lowest BCUT2D eigenvalue weighted by molar-refractivity contribution is 0.349. The first-order valence-electron chi connectivity index (χ1n) is 5.76. The van der Waals surface area contributed by atoms with Crippen molar-refractivity contribution in [1.82, 2.24) is 4.90 Å². The number of aliphatic imine (C=N–C) groups is 1. The molecule has 0 spiro atoms. The van der Waals surface area contributed by atoms with Gasteiger partial charge in [-0.1, -0.05) is 19.1 Å². The Morgan fingerprint density at radius 2 is 1.93 bits per heavy atom. The lowest BCUT2D eigenvalue weighted by Crippen LogP contribution is -2.35. The highest BCUT2D eigenvalue weighted by molar-refractivity contribution is 5.84. The fourth-order valence-corrected chi connectivity index (χ4v) is 2.26. The molecule has 0 aliphatic carbocycles. The Labute approximate surface area is 93.4 Å². The van der Waals surface area contributed by atoms with Crippen molar-refractivity contribution in [2.24, 2.45) is 4.99 Å². The highest BCUT2D eigenvalue weighted by atomic mass is 15.3. The second kappa shape index (κ2) is 5.15. The number of amidine groups is 1. The molecule has 0 atom stereocenters. The number of hydrogen-bond acceptors (Lipinski definition) is 2. The molecule has 15 heavy (non-hydrogen) atoms. The summed E-state index contributed by atoms with van der Waals surface area (Å²) in [7, 11) is 0. The van der Waals surface area contributed by atoms with Crippen LogP contribution in [0.1, 0.15) is 33.1 Å². The highest BCUT2D eigenvalue weighted by Crippen LogP contribution is 2.29. The van der Waals surface area contributed by atoms with Crippen molar-refractivity contribution in [2.45, 2.75) is 38.6 Å². The van der Waals surface area contributed by atoms with Gasteiger partial charge in [0.1, 0.15) is 0 Å². The van der Waals surface area contributed by atoms with Gasteiger partial charge in [-0.15, -0.1) is 13.2 Å². The lowest BCUT2D eigenvalue weighted by atomic mass is 9.92. The van der Waals surface area contributed by atoms with Crippen molar-refractivity contribution >= 4 is 5.84 Å². The molecule has 0 amide bonds. The number of hydrogen-bond donors (Lipinski definition) is 0. The molecule has 0 aromatic heterocycles. The van der Waals surface area contributed by atoms with Gasteiger partial charge in [-0.3, -0.25) is 4.99 Å². The first-order valence-corrected chi connectivity index (χ1v) is 5.76. The van der Waals surface area contributed by atoms with Crippen molar-refractivity contribution in [3.63, 3.8) is 0 Å². The Morgan fingerprint density at radius 3 is 2.27 bits per heavy atom. The monoisotopic (exact) mass is 206 g/mol. The molecule has 1 rings (SSSR count). The lowest BCUT2D eigenvalue weighted by Gasteiger charge is -2.25. The van der Waals surface area contributed by atoms with E-state index in [1.807, 2.05) is 12.2 Å². The number of rotatable bonds is 6. The predicted molar refractivity (Wildman–Crippen MR) is 67.3 cm³/mol.